The van der Waals surface area contributed by atoms with E-state index in [-0.39, 0.29) is 11.5 Å². The number of benzene rings is 1. The molecule has 1 saturated heterocycles. The molecule has 1 aliphatic rings. The second-order valence-corrected chi connectivity index (χ2v) is 6.55. The van der Waals surface area contributed by atoms with Crippen LogP contribution in [0.25, 0.3) is 0 Å². The van der Waals surface area contributed by atoms with E-state index in [0.29, 0.717) is 24.7 Å². The number of piperidine rings is 1. The lowest BCUT2D eigenvalue weighted by molar-refractivity contribution is 0.0697. The molecule has 1 fully saturated rings. The number of nitrogens with zero attached hydrogens (tertiary/aromatic N) is 4. The van der Waals surface area contributed by atoms with E-state index in [1.807, 2.05) is 26.1 Å². The predicted molar refractivity (Wildman–Crippen MR) is 97.5 cm³/mol. The zero-order chi connectivity index (χ0) is 18.7. The summed E-state index contributed by atoms with van der Waals surface area (Å²) >= 11 is 0. The zero-order valence-electron chi connectivity index (χ0n) is 14.9. The minimum atomic E-state index is -1.03. The third-order valence-electron chi connectivity index (χ3n) is 4.80. The number of carboxylic acid groups (broad SMARTS) is 1. The fraction of sp³-hybridized carbons (Fsp3) is 0.368. The quantitative estimate of drug-likeness (QED) is 0.906. The van der Waals surface area contributed by atoms with Gasteiger partial charge in [-0.2, -0.15) is 5.10 Å². The van der Waals surface area contributed by atoms with Crippen molar-refractivity contribution in [2.75, 3.05) is 25.0 Å². The van der Waals surface area contributed by atoms with Crippen molar-refractivity contribution in [2.45, 2.75) is 25.8 Å². The lowest BCUT2D eigenvalue weighted by Crippen LogP contribution is -2.46. The van der Waals surface area contributed by atoms with Gasteiger partial charge < -0.3 is 14.9 Å². The molecule has 1 aromatic heterocycles. The lowest BCUT2D eigenvalue weighted by Gasteiger charge is -2.37. The molecule has 0 bridgehead atoms. The molecule has 0 radical (unpaired) electrons. The fourth-order valence-electron chi connectivity index (χ4n) is 3.19. The molecule has 7 heteroatoms. The topological polar surface area (TPSA) is 86.6 Å². The number of carbonyl (C=O) groups excluding carboxylic acids is 1. The van der Waals surface area contributed by atoms with Crippen molar-refractivity contribution in [3.63, 3.8) is 0 Å². The van der Waals surface area contributed by atoms with Crippen molar-refractivity contribution in [1.82, 2.24) is 15.1 Å². The maximum Gasteiger partial charge on any atom is 0.335 e. The first kappa shape index (κ1) is 17.8. The van der Waals surface area contributed by atoms with E-state index in [1.165, 1.54) is 12.1 Å². The molecule has 0 aliphatic carbocycles. The largest absolute Gasteiger partial charge is 0.478 e. The second-order valence-electron chi connectivity index (χ2n) is 6.55. The van der Waals surface area contributed by atoms with Gasteiger partial charge in [0.15, 0.2) is 5.82 Å². The van der Waals surface area contributed by atoms with Gasteiger partial charge in [-0.15, -0.1) is 5.10 Å². The van der Waals surface area contributed by atoms with Crippen LogP contribution in [0.2, 0.25) is 0 Å². The highest BCUT2D eigenvalue weighted by molar-refractivity contribution is 5.97. The predicted octanol–water partition coefficient (Wildman–Crippen LogP) is 2.22. The van der Waals surface area contributed by atoms with Crippen LogP contribution in [-0.2, 0) is 0 Å². The molecule has 2 aromatic rings. The summed E-state index contributed by atoms with van der Waals surface area (Å²) in [6.07, 6.45) is 1.66. The lowest BCUT2D eigenvalue weighted by atomic mass is 10.0. The van der Waals surface area contributed by atoms with E-state index < -0.39 is 5.97 Å². The van der Waals surface area contributed by atoms with Crippen molar-refractivity contribution in [1.29, 1.82) is 0 Å². The molecule has 2 heterocycles. The van der Waals surface area contributed by atoms with Crippen LogP contribution in [0.5, 0.6) is 0 Å². The molecule has 1 amide bonds. The van der Waals surface area contributed by atoms with Crippen LogP contribution in [0.4, 0.5) is 5.82 Å². The van der Waals surface area contributed by atoms with Crippen molar-refractivity contribution < 1.29 is 14.7 Å². The highest BCUT2D eigenvalue weighted by Gasteiger charge is 2.27. The first-order valence-corrected chi connectivity index (χ1v) is 8.61. The monoisotopic (exact) mass is 354 g/mol. The zero-order valence-corrected chi connectivity index (χ0v) is 14.9. The Balaban J connectivity index is 1.62. The van der Waals surface area contributed by atoms with Crippen molar-refractivity contribution in [2.24, 2.45) is 0 Å². The van der Waals surface area contributed by atoms with Gasteiger partial charge in [-0.05, 0) is 50.1 Å². The Bertz CT molecular complexity index is 799. The number of aromatic carboxylic acids is 1. The number of hydrogen-bond acceptors (Lipinski definition) is 5. The van der Waals surface area contributed by atoms with Gasteiger partial charge in [0.25, 0.3) is 5.91 Å². The number of likely N-dealkylation sites (tertiary alicyclic amines) is 1. The Labute approximate surface area is 152 Å². The number of aryl methyl sites for hydroxylation is 1. The van der Waals surface area contributed by atoms with Crippen molar-refractivity contribution in [3.8, 4) is 0 Å². The molecule has 0 unspecified atom stereocenters. The van der Waals surface area contributed by atoms with Crippen LogP contribution >= 0.6 is 0 Å². The van der Waals surface area contributed by atoms with Crippen LogP contribution in [-0.4, -0.2) is 58.3 Å². The van der Waals surface area contributed by atoms with Gasteiger partial charge in [-0.3, -0.25) is 4.79 Å². The summed E-state index contributed by atoms with van der Waals surface area (Å²) in [5, 5.41) is 17.4. The fourth-order valence-corrected chi connectivity index (χ4v) is 3.19. The van der Waals surface area contributed by atoms with E-state index in [4.69, 9.17) is 5.11 Å². The van der Waals surface area contributed by atoms with Gasteiger partial charge in [0, 0.05) is 31.7 Å². The Morgan fingerprint density at radius 3 is 2.42 bits per heavy atom. The molecular weight excluding hydrogens is 332 g/mol. The molecule has 0 atom stereocenters. The van der Waals surface area contributed by atoms with Gasteiger partial charge >= 0.3 is 5.97 Å². The van der Waals surface area contributed by atoms with Crippen molar-refractivity contribution >= 4 is 17.7 Å². The van der Waals surface area contributed by atoms with Crippen LogP contribution < -0.4 is 4.90 Å². The third kappa shape index (κ3) is 3.82. The third-order valence-corrected chi connectivity index (χ3v) is 4.80. The van der Waals surface area contributed by atoms with Gasteiger partial charge in [0.05, 0.1) is 11.3 Å². The maximum atomic E-state index is 12.7. The average molecular weight is 354 g/mol. The average Bonchev–Trinajstić information content (AvgIpc) is 2.67. The summed E-state index contributed by atoms with van der Waals surface area (Å²) in [7, 11) is 2.00. The number of carbonyl (C=O) groups is 2. The van der Waals surface area contributed by atoms with Crippen LogP contribution in [0.1, 0.15) is 39.3 Å². The summed E-state index contributed by atoms with van der Waals surface area (Å²) in [4.78, 5) is 27.6. The van der Waals surface area contributed by atoms with Gasteiger partial charge in [-0.1, -0.05) is 6.07 Å². The van der Waals surface area contributed by atoms with Crippen molar-refractivity contribution in [3.05, 3.63) is 53.2 Å². The van der Waals surface area contributed by atoms with Crippen LogP contribution in [0.15, 0.2) is 36.4 Å². The van der Waals surface area contributed by atoms with Gasteiger partial charge in [-0.25, -0.2) is 4.79 Å². The van der Waals surface area contributed by atoms with E-state index >= 15 is 0 Å². The van der Waals surface area contributed by atoms with E-state index in [1.54, 1.807) is 17.0 Å². The number of anilines is 1. The first-order chi connectivity index (χ1) is 12.5. The molecule has 136 valence electrons. The van der Waals surface area contributed by atoms with Gasteiger partial charge in [0.2, 0.25) is 0 Å². The molecule has 1 N–H and O–H groups in total. The molecule has 0 spiro atoms. The Kier molecular flexibility index (Phi) is 5.16. The molecule has 26 heavy (non-hydrogen) atoms. The summed E-state index contributed by atoms with van der Waals surface area (Å²) in [6, 6.07) is 10.4. The molecule has 3 rings (SSSR count). The summed E-state index contributed by atoms with van der Waals surface area (Å²) < 4.78 is 0. The molecule has 1 aromatic carbocycles. The van der Waals surface area contributed by atoms with E-state index in [2.05, 4.69) is 15.1 Å². The van der Waals surface area contributed by atoms with Crippen LogP contribution in [0, 0.1) is 6.92 Å². The normalized spacial score (nSPS) is 14.9. The van der Waals surface area contributed by atoms with E-state index in [9.17, 15) is 9.59 Å². The Hall–Kier alpha value is -2.96. The second kappa shape index (κ2) is 7.51. The number of carboxylic acids is 1. The molecule has 0 saturated carbocycles. The molecule has 1 aliphatic heterocycles. The minimum absolute atomic E-state index is 0.121. The highest BCUT2D eigenvalue weighted by Crippen LogP contribution is 2.21. The highest BCUT2D eigenvalue weighted by atomic mass is 16.4. The Morgan fingerprint density at radius 1 is 1.12 bits per heavy atom. The standard InChI is InChI=1S/C19H22N4O3/c1-13-6-7-17(21-20-13)22(2)16-8-10-23(11-9-16)18(24)14-4-3-5-15(12-14)19(25)26/h3-7,12,16H,8-11H2,1-2H3,(H,25,26). The number of amides is 1. The summed E-state index contributed by atoms with van der Waals surface area (Å²) in [6.45, 7) is 3.16. The summed E-state index contributed by atoms with van der Waals surface area (Å²) in [5.74, 6) is -0.321. The SMILES string of the molecule is Cc1ccc(N(C)C2CCN(C(=O)c3cccc(C(=O)O)c3)CC2)nn1. The number of hydrogen-bond donors (Lipinski definition) is 1. The minimum Gasteiger partial charge on any atom is -0.478 e. The smallest absolute Gasteiger partial charge is 0.335 e. The number of rotatable bonds is 4. The number of aromatic nitrogens is 2. The maximum absolute atomic E-state index is 12.7. The molecular formula is C19H22N4O3. The Morgan fingerprint density at radius 2 is 1.81 bits per heavy atom. The van der Waals surface area contributed by atoms with Gasteiger partial charge in [0.1, 0.15) is 0 Å². The first-order valence-electron chi connectivity index (χ1n) is 8.61. The van der Waals surface area contributed by atoms with E-state index in [0.717, 1.165) is 24.4 Å². The summed E-state index contributed by atoms with van der Waals surface area (Å²) in [5.41, 5.74) is 1.43. The van der Waals surface area contributed by atoms with Crippen LogP contribution in [0.3, 0.4) is 0 Å². The molecule has 7 nitrogen and oxygen atoms in total.